The molecule has 1 aromatic carbocycles. The summed E-state index contributed by atoms with van der Waals surface area (Å²) in [5.74, 6) is -0.562. The predicted octanol–water partition coefficient (Wildman–Crippen LogP) is 2.10. The van der Waals surface area contributed by atoms with Gasteiger partial charge in [-0.15, -0.1) is 0 Å². The normalized spacial score (nSPS) is 10.6. The van der Waals surface area contributed by atoms with Gasteiger partial charge in [-0.25, -0.2) is 4.79 Å². The number of hydrogen-bond donors (Lipinski definition) is 1. The number of carbonyl (C=O) groups is 1. The molecule has 0 aliphatic carbocycles. The van der Waals surface area contributed by atoms with Crippen molar-refractivity contribution in [2.75, 3.05) is 46.8 Å². The summed E-state index contributed by atoms with van der Waals surface area (Å²) in [4.78, 5) is 10.8. The van der Waals surface area contributed by atoms with Gasteiger partial charge in [-0.2, -0.15) is 0 Å². The number of carboxylic acid groups (broad SMARTS) is 1. The number of benzene rings is 1. The van der Waals surface area contributed by atoms with Gasteiger partial charge in [0.2, 0.25) is 0 Å². The first kappa shape index (κ1) is 17.7. The molecule has 0 unspecified atom stereocenters. The maximum Gasteiger partial charge on any atom is 0.337 e. The second kappa shape index (κ2) is 10.4. The summed E-state index contributed by atoms with van der Waals surface area (Å²) in [5, 5.41) is 8.99. The van der Waals surface area contributed by atoms with Crippen LogP contribution in [-0.2, 0) is 14.2 Å². The van der Waals surface area contributed by atoms with Gasteiger partial charge in [0.05, 0.1) is 43.6 Å². The molecule has 0 aliphatic heterocycles. The van der Waals surface area contributed by atoms with Gasteiger partial charge in [-0.1, -0.05) is 11.6 Å². The van der Waals surface area contributed by atoms with Crippen molar-refractivity contribution in [2.24, 2.45) is 0 Å². The molecule has 0 saturated heterocycles. The van der Waals surface area contributed by atoms with Crippen molar-refractivity contribution < 1.29 is 28.8 Å². The summed E-state index contributed by atoms with van der Waals surface area (Å²) in [6.45, 7) is 2.85. The lowest BCUT2D eigenvalue weighted by atomic mass is 10.2. The molecule has 1 aromatic rings. The number of methoxy groups -OCH3 is 1. The van der Waals surface area contributed by atoms with E-state index in [4.69, 9.17) is 35.7 Å². The summed E-state index contributed by atoms with van der Waals surface area (Å²) in [6, 6.07) is 4.44. The maximum absolute atomic E-state index is 10.8. The molecule has 0 atom stereocenters. The molecular formula is C14H19ClO6. The molecule has 0 amide bonds. The zero-order valence-electron chi connectivity index (χ0n) is 11.8. The van der Waals surface area contributed by atoms with Crippen LogP contribution in [-0.4, -0.2) is 57.8 Å². The van der Waals surface area contributed by atoms with Gasteiger partial charge in [0.25, 0.3) is 0 Å². The summed E-state index contributed by atoms with van der Waals surface area (Å²) < 4.78 is 20.8. The average molecular weight is 319 g/mol. The van der Waals surface area contributed by atoms with Gasteiger partial charge in [-0.05, 0) is 18.2 Å². The van der Waals surface area contributed by atoms with Crippen molar-refractivity contribution >= 4 is 17.6 Å². The Kier molecular flexibility index (Phi) is 8.77. The Morgan fingerprint density at radius 1 is 1.10 bits per heavy atom. The number of carboxylic acids is 1. The van der Waals surface area contributed by atoms with Crippen LogP contribution in [0.15, 0.2) is 18.2 Å². The standard InChI is InChI=1S/C14H19ClO6/c1-18-4-5-19-6-7-20-8-9-21-11-2-3-12(14(16)17)13(15)10-11/h2-3,10H,4-9H2,1H3,(H,16,17). The highest BCUT2D eigenvalue weighted by molar-refractivity contribution is 6.33. The first-order chi connectivity index (χ1) is 10.1. The van der Waals surface area contributed by atoms with Crippen LogP contribution in [0.25, 0.3) is 0 Å². The zero-order chi connectivity index (χ0) is 15.5. The van der Waals surface area contributed by atoms with Crippen LogP contribution in [0.5, 0.6) is 5.75 Å². The van der Waals surface area contributed by atoms with E-state index in [0.717, 1.165) is 0 Å². The van der Waals surface area contributed by atoms with Crippen molar-refractivity contribution in [3.05, 3.63) is 28.8 Å². The number of aromatic carboxylic acids is 1. The molecule has 0 saturated carbocycles. The molecule has 6 nitrogen and oxygen atoms in total. The SMILES string of the molecule is COCCOCCOCCOc1ccc(C(=O)O)c(Cl)c1. The van der Waals surface area contributed by atoms with Crippen molar-refractivity contribution in [1.29, 1.82) is 0 Å². The molecule has 118 valence electrons. The third-order valence-corrected chi connectivity index (χ3v) is 2.78. The topological polar surface area (TPSA) is 74.2 Å². The molecule has 0 aliphatic rings. The zero-order valence-corrected chi connectivity index (χ0v) is 12.6. The molecule has 21 heavy (non-hydrogen) atoms. The fourth-order valence-corrected chi connectivity index (χ4v) is 1.69. The molecule has 0 aromatic heterocycles. The Morgan fingerprint density at radius 2 is 1.71 bits per heavy atom. The Hall–Kier alpha value is -1.34. The quantitative estimate of drug-likeness (QED) is 0.630. The lowest BCUT2D eigenvalue weighted by Gasteiger charge is -2.08. The number of ether oxygens (including phenoxy) is 4. The molecule has 1 rings (SSSR count). The van der Waals surface area contributed by atoms with Gasteiger partial charge >= 0.3 is 5.97 Å². The van der Waals surface area contributed by atoms with Crippen LogP contribution in [0, 0.1) is 0 Å². The van der Waals surface area contributed by atoms with Crippen LogP contribution < -0.4 is 4.74 Å². The highest BCUT2D eigenvalue weighted by Gasteiger charge is 2.09. The van der Waals surface area contributed by atoms with E-state index >= 15 is 0 Å². The smallest absolute Gasteiger partial charge is 0.337 e. The molecule has 7 heteroatoms. The van der Waals surface area contributed by atoms with Crippen LogP contribution in [0.3, 0.4) is 0 Å². The Balaban J connectivity index is 2.13. The van der Waals surface area contributed by atoms with Crippen LogP contribution in [0.4, 0.5) is 0 Å². The molecule has 0 bridgehead atoms. The van der Waals surface area contributed by atoms with E-state index in [9.17, 15) is 4.79 Å². The third-order valence-electron chi connectivity index (χ3n) is 2.47. The van der Waals surface area contributed by atoms with E-state index in [-0.39, 0.29) is 10.6 Å². The maximum atomic E-state index is 10.8. The van der Waals surface area contributed by atoms with Crippen LogP contribution in [0.2, 0.25) is 5.02 Å². The Labute approximate surface area is 128 Å². The summed E-state index contributed by atoms with van der Waals surface area (Å²) >= 11 is 5.83. The fraction of sp³-hybridized carbons (Fsp3) is 0.500. The minimum atomic E-state index is -1.07. The predicted molar refractivity (Wildman–Crippen MR) is 77.4 cm³/mol. The van der Waals surface area contributed by atoms with E-state index in [1.165, 1.54) is 12.1 Å². The first-order valence-corrected chi connectivity index (χ1v) is 6.83. The second-order valence-corrected chi connectivity index (χ2v) is 4.42. The summed E-state index contributed by atoms with van der Waals surface area (Å²) in [5.41, 5.74) is 0.0495. The lowest BCUT2D eigenvalue weighted by molar-refractivity contribution is 0.0180. The van der Waals surface area contributed by atoms with Crippen molar-refractivity contribution in [3.63, 3.8) is 0 Å². The van der Waals surface area contributed by atoms with Gasteiger partial charge in [0, 0.05) is 7.11 Å². The van der Waals surface area contributed by atoms with Crippen molar-refractivity contribution in [1.82, 2.24) is 0 Å². The van der Waals surface area contributed by atoms with E-state index in [2.05, 4.69) is 0 Å². The molecule has 0 heterocycles. The van der Waals surface area contributed by atoms with Crippen molar-refractivity contribution in [3.8, 4) is 5.75 Å². The monoisotopic (exact) mass is 318 g/mol. The first-order valence-electron chi connectivity index (χ1n) is 6.45. The Bertz CT molecular complexity index is 437. The van der Waals surface area contributed by atoms with Gasteiger partial charge in [-0.3, -0.25) is 0 Å². The molecule has 0 fully saturated rings. The summed E-state index contributed by atoms with van der Waals surface area (Å²) in [7, 11) is 1.62. The van der Waals surface area contributed by atoms with Crippen LogP contribution >= 0.6 is 11.6 Å². The minimum Gasteiger partial charge on any atom is -0.491 e. The number of halogens is 1. The average Bonchev–Trinajstić information content (AvgIpc) is 2.45. The highest BCUT2D eigenvalue weighted by Crippen LogP contribution is 2.22. The second-order valence-electron chi connectivity index (χ2n) is 4.01. The summed E-state index contributed by atoms with van der Waals surface area (Å²) in [6.07, 6.45) is 0. The molecule has 0 radical (unpaired) electrons. The molecule has 1 N–H and O–H groups in total. The van der Waals surface area contributed by atoms with E-state index < -0.39 is 5.97 Å². The third kappa shape index (κ3) is 7.29. The largest absolute Gasteiger partial charge is 0.491 e. The van der Waals surface area contributed by atoms with Gasteiger partial charge in [0.15, 0.2) is 0 Å². The highest BCUT2D eigenvalue weighted by atomic mass is 35.5. The minimum absolute atomic E-state index is 0.0495. The van der Waals surface area contributed by atoms with Crippen molar-refractivity contribution in [2.45, 2.75) is 0 Å². The molecule has 0 spiro atoms. The van der Waals surface area contributed by atoms with Gasteiger partial charge < -0.3 is 24.1 Å². The Morgan fingerprint density at radius 3 is 2.29 bits per heavy atom. The number of hydrogen-bond acceptors (Lipinski definition) is 5. The molecular weight excluding hydrogens is 300 g/mol. The van der Waals surface area contributed by atoms with E-state index in [0.29, 0.717) is 45.4 Å². The fourth-order valence-electron chi connectivity index (χ4n) is 1.44. The lowest BCUT2D eigenvalue weighted by Crippen LogP contribution is -2.12. The number of rotatable bonds is 11. The van der Waals surface area contributed by atoms with Gasteiger partial charge in [0.1, 0.15) is 12.4 Å². The van der Waals surface area contributed by atoms with E-state index in [1.807, 2.05) is 0 Å². The van der Waals surface area contributed by atoms with E-state index in [1.54, 1.807) is 13.2 Å². The van der Waals surface area contributed by atoms with Crippen LogP contribution in [0.1, 0.15) is 10.4 Å².